The van der Waals surface area contributed by atoms with Crippen molar-refractivity contribution in [1.29, 1.82) is 0 Å². The van der Waals surface area contributed by atoms with Crippen molar-refractivity contribution < 1.29 is 31.8 Å². The molecular formula is C22H17ClF2N4O7S. The summed E-state index contributed by atoms with van der Waals surface area (Å²) in [5, 5.41) is 9.58. The minimum atomic E-state index is -4.08. The molecule has 4 rings (SSSR count). The standard InChI is InChI=1S/C22H17ClF2N4O7S/c1-37(34,35)29-16-5-2-12(6-17(16)28(22(29)33)18(31)9-30)8-27-11-26-20(19(23)21(27)32)36-10-13-3-4-14(24)7-15(13)25/h2-7,9,11,18,31H,8,10H2,1H3. The number of carbonyl (C=O) groups excluding carboxylic acids is 1. The lowest BCUT2D eigenvalue weighted by Gasteiger charge is -2.11. The van der Waals surface area contributed by atoms with Crippen LogP contribution in [0.1, 0.15) is 17.4 Å². The van der Waals surface area contributed by atoms with E-state index in [1.54, 1.807) is 0 Å². The van der Waals surface area contributed by atoms with Gasteiger partial charge in [0.15, 0.2) is 17.5 Å². The number of benzene rings is 2. The lowest BCUT2D eigenvalue weighted by molar-refractivity contribution is -0.118. The Hall–Kier alpha value is -3.88. The molecule has 194 valence electrons. The zero-order chi connectivity index (χ0) is 27.1. The molecule has 1 unspecified atom stereocenters. The molecule has 0 aliphatic rings. The second-order valence-corrected chi connectivity index (χ2v) is 10.1. The van der Waals surface area contributed by atoms with Gasteiger partial charge in [-0.05, 0) is 29.8 Å². The molecule has 2 aromatic heterocycles. The van der Waals surface area contributed by atoms with E-state index < -0.39 is 44.2 Å². The molecule has 4 aromatic rings. The van der Waals surface area contributed by atoms with E-state index >= 15 is 0 Å². The normalized spacial score (nSPS) is 12.6. The van der Waals surface area contributed by atoms with Gasteiger partial charge < -0.3 is 9.84 Å². The third-order valence-corrected chi connectivity index (χ3v) is 6.64. The van der Waals surface area contributed by atoms with Gasteiger partial charge in [0.05, 0.1) is 23.8 Å². The molecular weight excluding hydrogens is 538 g/mol. The predicted octanol–water partition coefficient (Wildman–Crippen LogP) is 1.42. The van der Waals surface area contributed by atoms with Gasteiger partial charge in [0.25, 0.3) is 5.56 Å². The number of aliphatic hydroxyl groups is 1. The Morgan fingerprint density at radius 1 is 1.16 bits per heavy atom. The maximum absolute atomic E-state index is 13.8. The molecule has 0 aliphatic heterocycles. The fraction of sp³-hybridized carbons (Fsp3) is 0.182. The Kier molecular flexibility index (Phi) is 6.99. The average Bonchev–Trinajstić information content (AvgIpc) is 3.13. The Bertz CT molecular complexity index is 1770. The summed E-state index contributed by atoms with van der Waals surface area (Å²) in [6.07, 6.45) is 0.00414. The second-order valence-electron chi connectivity index (χ2n) is 7.87. The van der Waals surface area contributed by atoms with Gasteiger partial charge in [0.1, 0.15) is 24.6 Å². The van der Waals surface area contributed by atoms with Crippen LogP contribution in [0.15, 0.2) is 52.3 Å². The number of nitrogens with zero attached hydrogens (tertiary/aromatic N) is 4. The van der Waals surface area contributed by atoms with Crippen LogP contribution in [0.25, 0.3) is 11.0 Å². The predicted molar refractivity (Wildman–Crippen MR) is 127 cm³/mol. The van der Waals surface area contributed by atoms with E-state index in [0.29, 0.717) is 20.2 Å². The van der Waals surface area contributed by atoms with Crippen molar-refractivity contribution in [1.82, 2.24) is 18.1 Å². The lowest BCUT2D eigenvalue weighted by Crippen LogP contribution is -2.31. The van der Waals surface area contributed by atoms with Gasteiger partial charge in [-0.1, -0.05) is 17.7 Å². The molecule has 0 saturated heterocycles. The van der Waals surface area contributed by atoms with Crippen molar-refractivity contribution in [3.63, 3.8) is 0 Å². The van der Waals surface area contributed by atoms with Crippen molar-refractivity contribution in [3.8, 4) is 5.88 Å². The third-order valence-electron chi connectivity index (χ3n) is 5.30. The number of fused-ring (bicyclic) bond motifs is 1. The number of halogens is 3. The van der Waals surface area contributed by atoms with E-state index in [4.69, 9.17) is 16.3 Å². The van der Waals surface area contributed by atoms with E-state index in [1.807, 2.05) is 0 Å². The number of hydrogen-bond acceptors (Lipinski definition) is 8. The van der Waals surface area contributed by atoms with E-state index in [-0.39, 0.29) is 41.9 Å². The van der Waals surface area contributed by atoms with Crippen LogP contribution in [-0.2, 0) is 28.0 Å². The fourth-order valence-electron chi connectivity index (χ4n) is 3.62. The molecule has 0 aliphatic carbocycles. The van der Waals surface area contributed by atoms with Crippen molar-refractivity contribution in [3.05, 3.63) is 91.3 Å². The number of aliphatic hydroxyl groups excluding tert-OH is 1. The van der Waals surface area contributed by atoms with Gasteiger partial charge in [-0.2, -0.15) is 3.97 Å². The molecule has 0 saturated carbocycles. The molecule has 37 heavy (non-hydrogen) atoms. The van der Waals surface area contributed by atoms with E-state index in [0.717, 1.165) is 23.2 Å². The fourth-order valence-corrected chi connectivity index (χ4v) is 4.71. The quantitative estimate of drug-likeness (QED) is 0.322. The molecule has 0 fully saturated rings. The number of imidazole rings is 1. The highest BCUT2D eigenvalue weighted by atomic mass is 35.5. The summed E-state index contributed by atoms with van der Waals surface area (Å²) in [5.74, 6) is -1.89. The summed E-state index contributed by atoms with van der Waals surface area (Å²) >= 11 is 6.09. The highest BCUT2D eigenvalue weighted by Crippen LogP contribution is 2.22. The molecule has 0 radical (unpaired) electrons. The first-order valence-corrected chi connectivity index (χ1v) is 12.6. The molecule has 1 N–H and O–H groups in total. The van der Waals surface area contributed by atoms with Gasteiger partial charge in [-0.15, -0.1) is 0 Å². The summed E-state index contributed by atoms with van der Waals surface area (Å²) < 4.78 is 58.6. The van der Waals surface area contributed by atoms with Crippen LogP contribution in [0.4, 0.5) is 8.78 Å². The van der Waals surface area contributed by atoms with Crippen LogP contribution in [-0.4, -0.2) is 44.2 Å². The number of rotatable bonds is 8. The number of ether oxygens (including phenoxy) is 1. The lowest BCUT2D eigenvalue weighted by atomic mass is 10.2. The Balaban J connectivity index is 1.67. The zero-order valence-electron chi connectivity index (χ0n) is 18.8. The number of aldehydes is 1. The van der Waals surface area contributed by atoms with Gasteiger partial charge >= 0.3 is 5.69 Å². The van der Waals surface area contributed by atoms with Gasteiger partial charge in [0, 0.05) is 11.6 Å². The van der Waals surface area contributed by atoms with Gasteiger partial charge in [-0.3, -0.25) is 18.7 Å². The number of aromatic nitrogens is 4. The summed E-state index contributed by atoms with van der Waals surface area (Å²) in [4.78, 5) is 40.5. The van der Waals surface area contributed by atoms with Crippen LogP contribution in [0.2, 0.25) is 5.02 Å². The van der Waals surface area contributed by atoms with Crippen molar-refractivity contribution in [2.45, 2.75) is 19.4 Å². The highest BCUT2D eigenvalue weighted by molar-refractivity contribution is 7.89. The molecule has 15 heteroatoms. The molecule has 2 aromatic carbocycles. The third kappa shape index (κ3) is 5.03. The van der Waals surface area contributed by atoms with Crippen LogP contribution < -0.4 is 16.0 Å². The van der Waals surface area contributed by atoms with Gasteiger partial charge in [-0.25, -0.2) is 27.0 Å². The zero-order valence-corrected chi connectivity index (χ0v) is 20.4. The van der Waals surface area contributed by atoms with Crippen LogP contribution in [0, 0.1) is 11.6 Å². The van der Waals surface area contributed by atoms with E-state index in [1.165, 1.54) is 24.3 Å². The highest BCUT2D eigenvalue weighted by Gasteiger charge is 2.23. The minimum absolute atomic E-state index is 0.0151. The molecule has 0 bridgehead atoms. The molecule has 2 heterocycles. The summed E-state index contributed by atoms with van der Waals surface area (Å²) in [6, 6.07) is 6.95. The monoisotopic (exact) mass is 554 g/mol. The summed E-state index contributed by atoms with van der Waals surface area (Å²) in [5.41, 5.74) is -1.65. The molecule has 1 atom stereocenters. The van der Waals surface area contributed by atoms with E-state index in [2.05, 4.69) is 4.98 Å². The maximum Gasteiger partial charge on any atom is 0.345 e. The molecule has 11 nitrogen and oxygen atoms in total. The Morgan fingerprint density at radius 2 is 1.89 bits per heavy atom. The maximum atomic E-state index is 13.8. The summed E-state index contributed by atoms with van der Waals surface area (Å²) in [6.45, 7) is -0.517. The first kappa shape index (κ1) is 26.2. The number of hydrogen-bond donors (Lipinski definition) is 1. The first-order valence-electron chi connectivity index (χ1n) is 10.3. The molecule has 0 spiro atoms. The topological polar surface area (TPSA) is 142 Å². The number of carbonyl (C=O) groups is 1. The Labute approximate surface area is 211 Å². The Morgan fingerprint density at radius 3 is 2.54 bits per heavy atom. The van der Waals surface area contributed by atoms with Crippen LogP contribution >= 0.6 is 11.6 Å². The second kappa shape index (κ2) is 9.88. The van der Waals surface area contributed by atoms with E-state index in [9.17, 15) is 36.7 Å². The largest absolute Gasteiger partial charge is 0.471 e. The summed E-state index contributed by atoms with van der Waals surface area (Å²) in [7, 11) is -4.08. The van der Waals surface area contributed by atoms with Crippen molar-refractivity contribution >= 4 is 38.9 Å². The average molecular weight is 555 g/mol. The van der Waals surface area contributed by atoms with Crippen molar-refractivity contribution in [2.75, 3.05) is 6.26 Å². The minimum Gasteiger partial charge on any atom is -0.471 e. The SMILES string of the molecule is CS(=O)(=O)n1c(=O)n(C(O)C=O)c2cc(Cn3cnc(OCc4ccc(F)cc4F)c(Cl)c3=O)ccc21. The van der Waals surface area contributed by atoms with Crippen LogP contribution in [0.3, 0.4) is 0 Å². The first-order chi connectivity index (χ1) is 17.4. The van der Waals surface area contributed by atoms with Crippen molar-refractivity contribution in [2.24, 2.45) is 0 Å². The van der Waals surface area contributed by atoms with Crippen LogP contribution in [0.5, 0.6) is 5.88 Å². The van der Waals surface area contributed by atoms with Gasteiger partial charge in [0.2, 0.25) is 15.9 Å². The molecule has 0 amide bonds. The smallest absolute Gasteiger partial charge is 0.345 e.